The van der Waals surface area contributed by atoms with Crippen molar-refractivity contribution in [3.63, 3.8) is 0 Å². The predicted molar refractivity (Wildman–Crippen MR) is 58.3 cm³/mol. The molecule has 0 aromatic heterocycles. The van der Waals surface area contributed by atoms with Crippen molar-refractivity contribution in [2.45, 2.75) is 12.3 Å². The monoisotopic (exact) mass is 257 g/mol. The molecule has 1 atom stereocenters. The van der Waals surface area contributed by atoms with Gasteiger partial charge in [-0.25, -0.2) is 9.74 Å². The number of carbonyl (C=O) groups is 2. The van der Waals surface area contributed by atoms with Crippen LogP contribution in [0.25, 0.3) is 0 Å². The van der Waals surface area contributed by atoms with Crippen molar-refractivity contribution in [3.05, 3.63) is 34.3 Å². The van der Waals surface area contributed by atoms with Gasteiger partial charge in [0.15, 0.2) is 0 Å². The molecule has 2 rings (SSSR count). The standard InChI is InChI=1S/C11H9ClFNO3/c12-9-2-6(8-4-10(15)14-5-8)1-7(3-9)11(16)17-13/h1-3,8H,4-5H2,(H,14,15). The fourth-order valence-electron chi connectivity index (χ4n) is 1.85. The minimum atomic E-state index is -1.09. The van der Waals surface area contributed by atoms with E-state index in [2.05, 4.69) is 10.3 Å². The number of hydrogen-bond acceptors (Lipinski definition) is 3. The Morgan fingerprint density at radius 3 is 2.82 bits per heavy atom. The second-order valence-electron chi connectivity index (χ2n) is 3.84. The Kier molecular flexibility index (Phi) is 3.28. The molecular formula is C11H9ClFNO3. The first-order valence-corrected chi connectivity index (χ1v) is 5.38. The fraction of sp³-hybridized carbons (Fsp3) is 0.273. The molecule has 1 heterocycles. The Labute approximate surface area is 102 Å². The largest absolute Gasteiger partial charge is 0.379 e. The third kappa shape index (κ3) is 2.55. The minimum Gasteiger partial charge on any atom is -0.355 e. The topological polar surface area (TPSA) is 55.4 Å². The smallest absolute Gasteiger partial charge is 0.355 e. The van der Waals surface area contributed by atoms with E-state index in [4.69, 9.17) is 11.6 Å². The maximum atomic E-state index is 11.8. The minimum absolute atomic E-state index is 0.0364. The number of amides is 1. The van der Waals surface area contributed by atoms with Gasteiger partial charge in [-0.15, -0.1) is 0 Å². The lowest BCUT2D eigenvalue weighted by Crippen LogP contribution is -2.13. The van der Waals surface area contributed by atoms with Crippen molar-refractivity contribution in [1.82, 2.24) is 5.32 Å². The molecule has 1 fully saturated rings. The molecule has 0 spiro atoms. The molecule has 1 aromatic carbocycles. The summed E-state index contributed by atoms with van der Waals surface area (Å²) in [5, 5.41) is 2.99. The van der Waals surface area contributed by atoms with Crippen LogP contribution in [-0.2, 0) is 9.74 Å². The second-order valence-corrected chi connectivity index (χ2v) is 4.28. The highest BCUT2D eigenvalue weighted by Gasteiger charge is 2.24. The Bertz CT molecular complexity index is 478. The van der Waals surface area contributed by atoms with Crippen LogP contribution in [0.2, 0.25) is 5.02 Å². The number of carbonyl (C=O) groups excluding carboxylic acids is 2. The van der Waals surface area contributed by atoms with E-state index in [9.17, 15) is 14.1 Å². The zero-order valence-electron chi connectivity index (χ0n) is 8.70. The summed E-state index contributed by atoms with van der Waals surface area (Å²) in [7, 11) is 0. The van der Waals surface area contributed by atoms with E-state index in [0.717, 1.165) is 5.56 Å². The SMILES string of the molecule is O=C1CC(c2cc(Cl)cc(C(=O)OF)c2)CN1. The van der Waals surface area contributed by atoms with Gasteiger partial charge in [0.2, 0.25) is 5.91 Å². The summed E-state index contributed by atoms with van der Waals surface area (Å²) in [6.45, 7) is 0.489. The van der Waals surface area contributed by atoms with Gasteiger partial charge in [-0.05, 0) is 23.8 Å². The zero-order chi connectivity index (χ0) is 12.4. The van der Waals surface area contributed by atoms with Crippen LogP contribution < -0.4 is 5.32 Å². The van der Waals surface area contributed by atoms with Crippen molar-refractivity contribution in [3.8, 4) is 0 Å². The average molecular weight is 258 g/mol. The van der Waals surface area contributed by atoms with Gasteiger partial charge >= 0.3 is 5.97 Å². The van der Waals surface area contributed by atoms with E-state index in [-0.39, 0.29) is 17.4 Å². The molecule has 1 amide bonds. The van der Waals surface area contributed by atoms with Gasteiger partial charge in [0.25, 0.3) is 0 Å². The Morgan fingerprint density at radius 2 is 2.24 bits per heavy atom. The molecule has 1 saturated heterocycles. The van der Waals surface area contributed by atoms with Crippen molar-refractivity contribution >= 4 is 23.5 Å². The van der Waals surface area contributed by atoms with E-state index >= 15 is 0 Å². The number of rotatable bonds is 2. The summed E-state index contributed by atoms with van der Waals surface area (Å²) in [6.07, 6.45) is 0.338. The molecule has 1 N–H and O–H groups in total. The van der Waals surface area contributed by atoms with E-state index in [1.54, 1.807) is 6.07 Å². The number of halogens is 2. The van der Waals surface area contributed by atoms with Gasteiger partial charge in [-0.3, -0.25) is 4.79 Å². The molecule has 90 valence electrons. The summed E-state index contributed by atoms with van der Waals surface area (Å²) in [5.74, 6) is -1.19. The zero-order valence-corrected chi connectivity index (χ0v) is 9.46. The van der Waals surface area contributed by atoms with E-state index in [1.165, 1.54) is 12.1 Å². The van der Waals surface area contributed by atoms with Crippen LogP contribution in [0, 0.1) is 0 Å². The lowest BCUT2D eigenvalue weighted by molar-refractivity contribution is -0.119. The molecule has 0 aliphatic carbocycles. The number of hydrogen-bond donors (Lipinski definition) is 1. The molecule has 0 saturated carbocycles. The van der Waals surface area contributed by atoms with E-state index in [1.807, 2.05) is 0 Å². The average Bonchev–Trinajstić information content (AvgIpc) is 2.74. The summed E-state index contributed by atoms with van der Waals surface area (Å²) in [5.41, 5.74) is 0.755. The molecule has 0 radical (unpaired) electrons. The number of benzene rings is 1. The van der Waals surface area contributed by atoms with Crippen LogP contribution in [0.5, 0.6) is 0 Å². The molecule has 0 bridgehead atoms. The van der Waals surface area contributed by atoms with Crippen molar-refractivity contribution in [2.75, 3.05) is 6.54 Å². The van der Waals surface area contributed by atoms with Gasteiger partial charge in [-0.1, -0.05) is 11.6 Å². The quantitative estimate of drug-likeness (QED) is 0.881. The Hall–Kier alpha value is -1.62. The lowest BCUT2D eigenvalue weighted by Gasteiger charge is -2.09. The highest BCUT2D eigenvalue weighted by Crippen LogP contribution is 2.27. The van der Waals surface area contributed by atoms with Crippen LogP contribution in [0.3, 0.4) is 0 Å². The number of nitrogens with one attached hydrogen (secondary N) is 1. The molecule has 1 unspecified atom stereocenters. The molecule has 1 aromatic rings. The first kappa shape index (κ1) is 11.9. The van der Waals surface area contributed by atoms with Crippen molar-refractivity contribution in [1.29, 1.82) is 0 Å². The molecule has 6 heteroatoms. The van der Waals surface area contributed by atoms with Crippen LogP contribution in [-0.4, -0.2) is 18.4 Å². The third-order valence-electron chi connectivity index (χ3n) is 2.67. The van der Waals surface area contributed by atoms with Gasteiger partial charge in [-0.2, -0.15) is 0 Å². The van der Waals surface area contributed by atoms with Crippen LogP contribution in [0.4, 0.5) is 4.53 Å². The predicted octanol–water partition coefficient (Wildman–Crippen LogP) is 1.98. The van der Waals surface area contributed by atoms with Crippen molar-refractivity contribution in [2.24, 2.45) is 0 Å². The van der Waals surface area contributed by atoms with Gasteiger partial charge in [0.05, 0.1) is 5.56 Å². The van der Waals surface area contributed by atoms with Crippen molar-refractivity contribution < 1.29 is 19.1 Å². The highest BCUT2D eigenvalue weighted by molar-refractivity contribution is 6.31. The van der Waals surface area contributed by atoms with Gasteiger partial charge in [0, 0.05) is 28.4 Å². The molecule has 4 nitrogen and oxygen atoms in total. The molecule has 1 aliphatic rings. The van der Waals surface area contributed by atoms with Crippen LogP contribution in [0.1, 0.15) is 28.3 Å². The highest BCUT2D eigenvalue weighted by atomic mass is 35.5. The third-order valence-corrected chi connectivity index (χ3v) is 2.89. The maximum Gasteiger partial charge on any atom is 0.379 e. The molecule has 1 aliphatic heterocycles. The first-order chi connectivity index (χ1) is 8.10. The maximum absolute atomic E-state index is 11.8. The fourth-order valence-corrected chi connectivity index (χ4v) is 2.09. The van der Waals surface area contributed by atoms with Crippen LogP contribution >= 0.6 is 11.6 Å². The van der Waals surface area contributed by atoms with E-state index in [0.29, 0.717) is 18.0 Å². The summed E-state index contributed by atoms with van der Waals surface area (Å²) >= 11 is 5.83. The Morgan fingerprint density at radius 1 is 1.47 bits per heavy atom. The second kappa shape index (κ2) is 4.71. The first-order valence-electron chi connectivity index (χ1n) is 5.00. The van der Waals surface area contributed by atoms with E-state index < -0.39 is 5.97 Å². The summed E-state index contributed by atoms with van der Waals surface area (Å²) in [4.78, 5) is 25.3. The molecular weight excluding hydrogens is 249 g/mol. The summed E-state index contributed by atoms with van der Waals surface area (Å²) in [6, 6.07) is 4.46. The van der Waals surface area contributed by atoms with Gasteiger partial charge < -0.3 is 5.32 Å². The summed E-state index contributed by atoms with van der Waals surface area (Å²) < 4.78 is 11.8. The normalized spacial score (nSPS) is 18.9. The van der Waals surface area contributed by atoms with Gasteiger partial charge in [0.1, 0.15) is 0 Å². The molecule has 17 heavy (non-hydrogen) atoms. The Balaban J connectivity index is 2.31. The van der Waals surface area contributed by atoms with Crippen LogP contribution in [0.15, 0.2) is 18.2 Å². The lowest BCUT2D eigenvalue weighted by atomic mass is 9.96.